The van der Waals surface area contributed by atoms with Crippen LogP contribution in [0.15, 0.2) is 48.7 Å². The first-order chi connectivity index (χ1) is 14.0. The maximum absolute atomic E-state index is 14.2. The number of benzene rings is 1. The van der Waals surface area contributed by atoms with Crippen molar-refractivity contribution in [1.29, 1.82) is 5.26 Å². The minimum absolute atomic E-state index is 0.208. The van der Waals surface area contributed by atoms with Gasteiger partial charge in [0, 0.05) is 29.4 Å². The van der Waals surface area contributed by atoms with Crippen molar-refractivity contribution in [2.45, 2.75) is 24.4 Å². The topological polar surface area (TPSA) is 101 Å². The third kappa shape index (κ3) is 3.72. The van der Waals surface area contributed by atoms with Crippen molar-refractivity contribution in [3.8, 4) is 17.3 Å². The number of nitrogens with zero attached hydrogens (tertiary/aromatic N) is 4. The van der Waals surface area contributed by atoms with Gasteiger partial charge < -0.3 is 11.1 Å². The Morgan fingerprint density at radius 2 is 2.03 bits per heavy atom. The van der Waals surface area contributed by atoms with E-state index < -0.39 is 17.4 Å². The van der Waals surface area contributed by atoms with Crippen LogP contribution in [0.1, 0.15) is 24.1 Å². The van der Waals surface area contributed by atoms with Gasteiger partial charge in [0.2, 0.25) is 0 Å². The van der Waals surface area contributed by atoms with Crippen LogP contribution in [0.4, 0.5) is 20.3 Å². The lowest BCUT2D eigenvalue weighted by atomic mass is 9.65. The van der Waals surface area contributed by atoms with Gasteiger partial charge in [0.25, 0.3) is 0 Å². The smallest absolute Gasteiger partial charge is 0.148 e. The molecular formula is C21H18F2N6. The van der Waals surface area contributed by atoms with Crippen molar-refractivity contribution in [2.24, 2.45) is 0 Å². The maximum atomic E-state index is 14.2. The van der Waals surface area contributed by atoms with Gasteiger partial charge in [-0.05, 0) is 55.3 Å². The Morgan fingerprint density at radius 1 is 1.21 bits per heavy atom. The molecule has 8 heteroatoms. The largest absolute Gasteiger partial charge is 0.399 e. The fraction of sp³-hybridized carbons (Fsp3) is 0.238. The summed E-state index contributed by atoms with van der Waals surface area (Å²) in [5.74, 6) is 0.0498. The highest BCUT2D eigenvalue weighted by Crippen LogP contribution is 2.45. The fourth-order valence-corrected chi connectivity index (χ4v) is 3.69. The number of aromatic nitrogens is 3. The number of rotatable bonds is 5. The third-order valence-electron chi connectivity index (χ3n) is 5.14. The first kappa shape index (κ1) is 18.7. The summed E-state index contributed by atoms with van der Waals surface area (Å²) >= 11 is 0. The van der Waals surface area contributed by atoms with E-state index in [0.29, 0.717) is 34.9 Å². The van der Waals surface area contributed by atoms with E-state index in [4.69, 9.17) is 11.0 Å². The number of hydrogen-bond donors (Lipinski definition) is 2. The van der Waals surface area contributed by atoms with Crippen molar-refractivity contribution >= 4 is 11.5 Å². The highest BCUT2D eigenvalue weighted by Gasteiger charge is 2.48. The van der Waals surface area contributed by atoms with Gasteiger partial charge in [-0.1, -0.05) is 0 Å². The Bertz CT molecular complexity index is 1070. The van der Waals surface area contributed by atoms with Crippen molar-refractivity contribution in [3.63, 3.8) is 0 Å². The Hall–Kier alpha value is -3.60. The van der Waals surface area contributed by atoms with Crippen molar-refractivity contribution < 1.29 is 8.78 Å². The third-order valence-corrected chi connectivity index (χ3v) is 5.14. The van der Waals surface area contributed by atoms with Crippen LogP contribution in [0.25, 0.3) is 11.3 Å². The highest BCUT2D eigenvalue weighted by atomic mass is 19.1. The molecule has 1 aliphatic carbocycles. The molecule has 4 rings (SSSR count). The quantitative estimate of drug-likeness (QED) is 0.644. The van der Waals surface area contributed by atoms with Crippen molar-refractivity contribution in [3.05, 3.63) is 65.7 Å². The van der Waals surface area contributed by atoms with E-state index in [-0.39, 0.29) is 18.5 Å². The molecule has 2 heterocycles. The highest BCUT2D eigenvalue weighted by molar-refractivity contribution is 5.67. The Morgan fingerprint density at radius 3 is 2.69 bits per heavy atom. The first-order valence-corrected chi connectivity index (χ1v) is 9.13. The van der Waals surface area contributed by atoms with Gasteiger partial charge in [-0.15, -0.1) is 10.2 Å². The predicted molar refractivity (Wildman–Crippen MR) is 105 cm³/mol. The molecule has 0 aliphatic heterocycles. The van der Waals surface area contributed by atoms with Gasteiger partial charge >= 0.3 is 0 Å². The average molecular weight is 392 g/mol. The number of halogens is 2. The Balaban J connectivity index is 1.51. The fourth-order valence-electron chi connectivity index (χ4n) is 3.69. The Kier molecular flexibility index (Phi) is 4.80. The summed E-state index contributed by atoms with van der Waals surface area (Å²) in [7, 11) is 0. The van der Waals surface area contributed by atoms with Gasteiger partial charge in [-0.3, -0.25) is 4.98 Å². The molecule has 2 aromatic heterocycles. The maximum Gasteiger partial charge on any atom is 0.148 e. The van der Waals surface area contributed by atoms with Gasteiger partial charge in [0.1, 0.15) is 17.8 Å². The van der Waals surface area contributed by atoms with E-state index in [1.807, 2.05) is 0 Å². The molecule has 1 saturated carbocycles. The second-order valence-electron chi connectivity index (χ2n) is 7.23. The van der Waals surface area contributed by atoms with Gasteiger partial charge in [0.15, 0.2) is 0 Å². The lowest BCUT2D eigenvalue weighted by molar-refractivity contribution is 0.0964. The molecule has 29 heavy (non-hydrogen) atoms. The number of anilines is 2. The standard InChI is InChI=1S/C21H18F2N6/c22-15-9-21(10-15,20-17(23)2-1-5-26-20)12-27-19-4-3-18(28-29-19)14-6-13(11-24)7-16(25)8-14/h1-8,15H,9-10,12,25H2,(H,27,29)/t15-,21-. The summed E-state index contributed by atoms with van der Waals surface area (Å²) in [6.07, 6.45) is 0.963. The van der Waals surface area contributed by atoms with Crippen LogP contribution in [0.2, 0.25) is 0 Å². The molecule has 3 N–H and O–H groups in total. The van der Waals surface area contributed by atoms with Crippen LogP contribution < -0.4 is 11.1 Å². The summed E-state index contributed by atoms with van der Waals surface area (Å²) in [6, 6.07) is 13.4. The van der Waals surface area contributed by atoms with Crippen molar-refractivity contribution in [1.82, 2.24) is 15.2 Å². The summed E-state index contributed by atoms with van der Waals surface area (Å²) in [4.78, 5) is 4.14. The molecule has 1 fully saturated rings. The lowest BCUT2D eigenvalue weighted by Crippen LogP contribution is -2.49. The number of nitrogen functional groups attached to an aromatic ring is 1. The normalized spacial score (nSPS) is 20.5. The number of nitrogens with two attached hydrogens (primary N) is 1. The SMILES string of the molecule is N#Cc1cc(N)cc(-c2ccc(NC[C@]3(c4ncccc4F)C[C@H](F)C3)nn2)c1. The second kappa shape index (κ2) is 7.43. The first-order valence-electron chi connectivity index (χ1n) is 9.13. The zero-order chi connectivity index (χ0) is 20.4. The number of nitriles is 1. The molecule has 1 aromatic carbocycles. The van der Waals surface area contributed by atoms with Crippen molar-refractivity contribution in [2.75, 3.05) is 17.6 Å². The molecule has 0 unspecified atom stereocenters. The van der Waals surface area contributed by atoms with Crippen LogP contribution in [0.5, 0.6) is 0 Å². The minimum atomic E-state index is -0.968. The summed E-state index contributed by atoms with van der Waals surface area (Å²) in [5, 5.41) is 20.5. The van der Waals surface area contributed by atoms with E-state index >= 15 is 0 Å². The van der Waals surface area contributed by atoms with E-state index in [1.54, 1.807) is 30.3 Å². The van der Waals surface area contributed by atoms with Crippen LogP contribution in [-0.2, 0) is 5.41 Å². The van der Waals surface area contributed by atoms with Crippen LogP contribution >= 0.6 is 0 Å². The number of pyridine rings is 1. The molecule has 1 aliphatic rings. The average Bonchev–Trinajstić information content (AvgIpc) is 2.70. The van der Waals surface area contributed by atoms with Gasteiger partial charge in [-0.25, -0.2) is 8.78 Å². The van der Waals surface area contributed by atoms with Crippen LogP contribution in [0.3, 0.4) is 0 Å². The zero-order valence-electron chi connectivity index (χ0n) is 15.4. The van der Waals surface area contributed by atoms with Gasteiger partial charge in [0.05, 0.1) is 23.0 Å². The molecule has 0 spiro atoms. The molecule has 0 saturated heterocycles. The summed E-state index contributed by atoms with van der Waals surface area (Å²) < 4.78 is 27.9. The van der Waals surface area contributed by atoms with E-state index in [0.717, 1.165) is 0 Å². The molecule has 146 valence electrons. The summed E-state index contributed by atoms with van der Waals surface area (Å²) in [6.45, 7) is 0.298. The number of alkyl halides is 1. The summed E-state index contributed by atoms with van der Waals surface area (Å²) in [5.41, 5.74) is 7.54. The second-order valence-corrected chi connectivity index (χ2v) is 7.23. The molecule has 0 amide bonds. The molecule has 6 nitrogen and oxygen atoms in total. The molecular weight excluding hydrogens is 374 g/mol. The monoisotopic (exact) mass is 392 g/mol. The van der Waals surface area contributed by atoms with Crippen LogP contribution in [0, 0.1) is 17.1 Å². The van der Waals surface area contributed by atoms with E-state index in [2.05, 4.69) is 26.6 Å². The predicted octanol–water partition coefficient (Wildman–Crippen LogP) is 3.61. The minimum Gasteiger partial charge on any atom is -0.399 e. The molecule has 0 atom stereocenters. The molecule has 0 radical (unpaired) electrons. The zero-order valence-corrected chi connectivity index (χ0v) is 15.4. The van der Waals surface area contributed by atoms with E-state index in [9.17, 15) is 8.78 Å². The lowest BCUT2D eigenvalue weighted by Gasteiger charge is -2.44. The molecule has 0 bridgehead atoms. The van der Waals surface area contributed by atoms with E-state index in [1.165, 1.54) is 18.3 Å². The van der Waals surface area contributed by atoms with Crippen LogP contribution in [-0.4, -0.2) is 27.9 Å². The van der Waals surface area contributed by atoms with Gasteiger partial charge in [-0.2, -0.15) is 5.26 Å². The number of hydrogen-bond acceptors (Lipinski definition) is 6. The molecule has 3 aromatic rings. The Labute approximate surface area is 166 Å². The number of nitrogens with one attached hydrogen (secondary N) is 1.